The topological polar surface area (TPSA) is 99.9 Å². The molecular weight excluding hydrogens is 396 g/mol. The third-order valence-electron chi connectivity index (χ3n) is 3.34. The molecule has 0 spiro atoms. The van der Waals surface area contributed by atoms with Crippen LogP contribution in [0.4, 0.5) is 5.69 Å². The average molecular weight is 411 g/mol. The average Bonchev–Trinajstić information content (AvgIpc) is 2.55. The van der Waals surface area contributed by atoms with Crippen LogP contribution in [0.15, 0.2) is 56.7 Å². The summed E-state index contributed by atoms with van der Waals surface area (Å²) in [5, 5.41) is 23.6. The Bertz CT molecular complexity index is 752. The number of hydrogen-bond acceptors (Lipinski definition) is 5. The molecule has 0 radical (unpaired) electrons. The van der Waals surface area contributed by atoms with Gasteiger partial charge in [0.1, 0.15) is 12.6 Å². The molecule has 0 amide bonds. The summed E-state index contributed by atoms with van der Waals surface area (Å²) in [4.78, 5) is 23.1. The number of carboxylic acid groups (broad SMARTS) is 1. The molecule has 8 heteroatoms. The predicted molar refractivity (Wildman–Crippen MR) is 91.5 cm³/mol. The molecule has 0 saturated carbocycles. The summed E-state index contributed by atoms with van der Waals surface area (Å²) in [6.07, 6.45) is 0. The Kier molecular flexibility index (Phi) is 6.36. The van der Waals surface area contributed by atoms with E-state index in [1.807, 2.05) is 24.3 Å². The summed E-state index contributed by atoms with van der Waals surface area (Å²) in [6.45, 7) is 1.85. The van der Waals surface area contributed by atoms with Gasteiger partial charge in [-0.05, 0) is 37.3 Å². The Morgan fingerprint density at radius 1 is 1.29 bits per heavy atom. The zero-order chi connectivity index (χ0) is 17.7. The Labute approximate surface area is 151 Å². The van der Waals surface area contributed by atoms with Crippen molar-refractivity contribution in [3.63, 3.8) is 0 Å². The number of nitro groups is 1. The standard InChI is InChI=1S/C16H15BrN2O4S/c1-10(16(20)21)18-9-11-2-7-15(14(8-11)19(22)23)24-13-5-3-12(17)4-6-13/h2-8,10,18H,9H2,1H3,(H,20,21)/t10-/m1/s1. The Hall–Kier alpha value is -1.90. The van der Waals surface area contributed by atoms with Crippen molar-refractivity contribution in [1.29, 1.82) is 0 Å². The lowest BCUT2D eigenvalue weighted by Crippen LogP contribution is -2.90. The number of rotatable bonds is 7. The molecule has 0 unspecified atom stereocenters. The van der Waals surface area contributed by atoms with E-state index in [4.69, 9.17) is 0 Å². The van der Waals surface area contributed by atoms with E-state index < -0.39 is 16.9 Å². The van der Waals surface area contributed by atoms with Crippen molar-refractivity contribution in [2.24, 2.45) is 0 Å². The van der Waals surface area contributed by atoms with Crippen LogP contribution in [0.5, 0.6) is 0 Å². The first-order chi connectivity index (χ1) is 11.4. The number of nitro benzene ring substituents is 1. The molecule has 2 rings (SSSR count). The molecule has 0 aliphatic carbocycles. The molecule has 2 aromatic carbocycles. The van der Waals surface area contributed by atoms with Crippen LogP contribution in [0.3, 0.4) is 0 Å². The number of halogens is 1. The van der Waals surface area contributed by atoms with Gasteiger partial charge in [-0.2, -0.15) is 0 Å². The Balaban J connectivity index is 2.18. The van der Waals surface area contributed by atoms with Crippen LogP contribution in [-0.4, -0.2) is 16.9 Å². The van der Waals surface area contributed by atoms with E-state index in [1.54, 1.807) is 17.4 Å². The van der Waals surface area contributed by atoms with Crippen LogP contribution in [0.2, 0.25) is 0 Å². The van der Waals surface area contributed by atoms with Crippen LogP contribution < -0.4 is 10.4 Å². The molecule has 0 bridgehead atoms. The zero-order valence-corrected chi connectivity index (χ0v) is 15.2. The molecule has 6 nitrogen and oxygen atoms in total. The first kappa shape index (κ1) is 18.4. The molecule has 126 valence electrons. The van der Waals surface area contributed by atoms with E-state index in [-0.39, 0.29) is 5.69 Å². The number of hydrogen-bond donors (Lipinski definition) is 1. The molecule has 0 aliphatic rings. The summed E-state index contributed by atoms with van der Waals surface area (Å²) < 4.78 is 0.939. The van der Waals surface area contributed by atoms with Crippen LogP contribution in [0.25, 0.3) is 0 Å². The molecule has 0 saturated heterocycles. The van der Waals surface area contributed by atoms with Gasteiger partial charge in [0.15, 0.2) is 0 Å². The van der Waals surface area contributed by atoms with E-state index in [1.165, 1.54) is 24.8 Å². The van der Waals surface area contributed by atoms with Crippen LogP contribution in [0.1, 0.15) is 12.5 Å². The van der Waals surface area contributed by atoms with Gasteiger partial charge in [0.2, 0.25) is 0 Å². The zero-order valence-electron chi connectivity index (χ0n) is 12.8. The lowest BCUT2D eigenvalue weighted by atomic mass is 10.2. The number of benzene rings is 2. The van der Waals surface area contributed by atoms with Crippen molar-refractivity contribution in [2.75, 3.05) is 0 Å². The fraction of sp³-hybridized carbons (Fsp3) is 0.188. The summed E-state index contributed by atoms with van der Waals surface area (Å²) in [5.74, 6) is -1.16. The molecule has 1 atom stereocenters. The lowest BCUT2D eigenvalue weighted by molar-refractivity contribution is -0.695. The van der Waals surface area contributed by atoms with E-state index in [9.17, 15) is 20.0 Å². The second-order valence-corrected chi connectivity index (χ2v) is 7.19. The Morgan fingerprint density at radius 3 is 2.54 bits per heavy atom. The summed E-state index contributed by atoms with van der Waals surface area (Å²) in [7, 11) is 0. The second-order valence-electron chi connectivity index (χ2n) is 5.16. The SMILES string of the molecule is C[C@@H]([NH2+]Cc1ccc(Sc2ccc(Br)cc2)c([N+](=O)[O-])c1)C(=O)[O-]. The number of carbonyl (C=O) groups excluding carboxylic acids is 1. The number of carbonyl (C=O) groups is 1. The van der Waals surface area contributed by atoms with Gasteiger partial charge >= 0.3 is 0 Å². The van der Waals surface area contributed by atoms with Gasteiger partial charge in [0, 0.05) is 21.0 Å². The maximum atomic E-state index is 11.3. The van der Waals surface area contributed by atoms with Gasteiger partial charge in [-0.3, -0.25) is 10.1 Å². The predicted octanol–water partition coefficient (Wildman–Crippen LogP) is 1.71. The van der Waals surface area contributed by atoms with Crippen molar-refractivity contribution in [3.05, 3.63) is 62.6 Å². The third kappa shape index (κ3) is 5.05. The highest BCUT2D eigenvalue weighted by Crippen LogP contribution is 2.35. The minimum absolute atomic E-state index is 0.00919. The fourth-order valence-corrected chi connectivity index (χ4v) is 3.12. The Morgan fingerprint density at radius 2 is 1.96 bits per heavy atom. The quantitative estimate of drug-likeness (QED) is 0.552. The van der Waals surface area contributed by atoms with Gasteiger partial charge < -0.3 is 15.2 Å². The fourth-order valence-electron chi connectivity index (χ4n) is 1.96. The number of quaternary nitrogens is 1. The van der Waals surface area contributed by atoms with Gasteiger partial charge in [0.25, 0.3) is 5.69 Å². The number of carboxylic acids is 1. The van der Waals surface area contributed by atoms with Crippen molar-refractivity contribution in [3.8, 4) is 0 Å². The first-order valence-corrected chi connectivity index (χ1v) is 8.72. The number of nitrogens with zero attached hydrogens (tertiary/aromatic N) is 1. The first-order valence-electron chi connectivity index (χ1n) is 7.11. The van der Waals surface area contributed by atoms with Crippen LogP contribution in [0, 0.1) is 10.1 Å². The summed E-state index contributed by atoms with van der Waals surface area (Å²) >= 11 is 4.66. The van der Waals surface area contributed by atoms with E-state index >= 15 is 0 Å². The molecule has 0 heterocycles. The van der Waals surface area contributed by atoms with Crippen LogP contribution >= 0.6 is 27.7 Å². The summed E-state index contributed by atoms with van der Waals surface area (Å²) in [5.41, 5.74) is 0.699. The molecule has 0 aliphatic heterocycles. The van der Waals surface area contributed by atoms with Crippen molar-refractivity contribution < 1.29 is 20.1 Å². The maximum Gasteiger partial charge on any atom is 0.283 e. The van der Waals surface area contributed by atoms with Gasteiger partial charge in [-0.1, -0.05) is 33.8 Å². The largest absolute Gasteiger partial charge is 0.544 e. The molecule has 2 N–H and O–H groups in total. The van der Waals surface area contributed by atoms with E-state index in [0.29, 0.717) is 17.0 Å². The highest BCUT2D eigenvalue weighted by Gasteiger charge is 2.17. The van der Waals surface area contributed by atoms with E-state index in [0.717, 1.165) is 9.37 Å². The van der Waals surface area contributed by atoms with Crippen molar-refractivity contribution in [1.82, 2.24) is 0 Å². The van der Waals surface area contributed by atoms with Crippen molar-refractivity contribution in [2.45, 2.75) is 29.3 Å². The van der Waals surface area contributed by atoms with E-state index in [2.05, 4.69) is 15.9 Å². The lowest BCUT2D eigenvalue weighted by Gasteiger charge is -2.11. The number of aliphatic carboxylic acids is 1. The monoisotopic (exact) mass is 410 g/mol. The normalized spacial score (nSPS) is 11.9. The molecule has 2 aromatic rings. The maximum absolute atomic E-state index is 11.3. The van der Waals surface area contributed by atoms with Gasteiger partial charge in [0.05, 0.1) is 15.8 Å². The smallest absolute Gasteiger partial charge is 0.283 e. The van der Waals surface area contributed by atoms with Crippen LogP contribution in [-0.2, 0) is 11.3 Å². The van der Waals surface area contributed by atoms with Gasteiger partial charge in [-0.25, -0.2) is 0 Å². The third-order valence-corrected chi connectivity index (χ3v) is 4.94. The highest BCUT2D eigenvalue weighted by atomic mass is 79.9. The highest BCUT2D eigenvalue weighted by molar-refractivity contribution is 9.10. The molecule has 0 aromatic heterocycles. The molecule has 0 fully saturated rings. The minimum atomic E-state index is -1.16. The minimum Gasteiger partial charge on any atom is -0.544 e. The summed E-state index contributed by atoms with van der Waals surface area (Å²) in [6, 6.07) is 11.7. The number of nitrogens with two attached hydrogens (primary N) is 1. The molecular formula is C16H15BrN2O4S. The molecule has 24 heavy (non-hydrogen) atoms. The van der Waals surface area contributed by atoms with Gasteiger partial charge in [-0.15, -0.1) is 0 Å². The van der Waals surface area contributed by atoms with Crippen molar-refractivity contribution >= 4 is 39.3 Å². The second kappa shape index (κ2) is 8.27.